The average Bonchev–Trinajstić information content (AvgIpc) is 2.84. The fourth-order valence-electron chi connectivity index (χ4n) is 4.27. The Labute approximate surface area is 195 Å². The molecule has 174 valence electrons. The van der Waals surface area contributed by atoms with Crippen LogP contribution < -0.4 is 10.1 Å². The quantitative estimate of drug-likeness (QED) is 0.556. The second kappa shape index (κ2) is 9.93. The van der Waals surface area contributed by atoms with Crippen LogP contribution in [0.1, 0.15) is 38.3 Å². The van der Waals surface area contributed by atoms with Crippen molar-refractivity contribution in [1.29, 1.82) is 0 Å². The van der Waals surface area contributed by atoms with Crippen LogP contribution in [-0.4, -0.2) is 38.3 Å². The van der Waals surface area contributed by atoms with E-state index in [0.717, 1.165) is 10.9 Å². The van der Waals surface area contributed by atoms with Crippen LogP contribution in [0.2, 0.25) is 0 Å². The van der Waals surface area contributed by atoms with Crippen molar-refractivity contribution >= 4 is 26.7 Å². The third kappa shape index (κ3) is 5.20. The molecule has 1 N–H and O–H groups in total. The van der Waals surface area contributed by atoms with E-state index in [1.54, 1.807) is 24.3 Å². The summed E-state index contributed by atoms with van der Waals surface area (Å²) in [4.78, 5) is 13.1. The van der Waals surface area contributed by atoms with E-state index in [1.807, 2.05) is 32.0 Å². The number of carbonyl (C=O) groups is 1. The molecule has 0 bridgehead atoms. The predicted octanol–water partition coefficient (Wildman–Crippen LogP) is 4.52. The number of hydrogen-bond donors (Lipinski definition) is 1. The molecular formula is C26H30N2O4S. The molecule has 4 rings (SSSR count). The molecule has 1 aliphatic rings. The molecule has 1 amide bonds. The van der Waals surface area contributed by atoms with Crippen molar-refractivity contribution in [3.05, 3.63) is 72.3 Å². The highest BCUT2D eigenvalue weighted by atomic mass is 32.2. The Morgan fingerprint density at radius 2 is 1.70 bits per heavy atom. The van der Waals surface area contributed by atoms with Gasteiger partial charge in [-0.05, 0) is 73.4 Å². The van der Waals surface area contributed by atoms with E-state index in [0.29, 0.717) is 38.3 Å². The molecule has 0 spiro atoms. The number of piperidine rings is 1. The van der Waals surface area contributed by atoms with Gasteiger partial charge in [-0.1, -0.05) is 36.4 Å². The number of carbonyl (C=O) groups excluding carboxylic acids is 1. The van der Waals surface area contributed by atoms with E-state index in [-0.39, 0.29) is 22.8 Å². The number of sulfonamides is 1. The Bertz CT molecular complexity index is 1220. The smallest absolute Gasteiger partial charge is 0.243 e. The van der Waals surface area contributed by atoms with Crippen molar-refractivity contribution in [3.63, 3.8) is 0 Å². The lowest BCUT2D eigenvalue weighted by Gasteiger charge is -2.31. The first-order valence-electron chi connectivity index (χ1n) is 11.4. The summed E-state index contributed by atoms with van der Waals surface area (Å²) in [5.41, 5.74) is 1.05. The van der Waals surface area contributed by atoms with Gasteiger partial charge in [-0.3, -0.25) is 4.79 Å². The second-order valence-corrected chi connectivity index (χ2v) is 10.4. The van der Waals surface area contributed by atoms with Crippen molar-refractivity contribution in [2.45, 2.75) is 37.6 Å². The molecule has 7 heteroatoms. The van der Waals surface area contributed by atoms with Gasteiger partial charge in [0.1, 0.15) is 5.75 Å². The monoisotopic (exact) mass is 466 g/mol. The number of benzene rings is 3. The van der Waals surface area contributed by atoms with Gasteiger partial charge in [0.25, 0.3) is 0 Å². The number of fused-ring (bicyclic) bond motifs is 1. The molecule has 1 heterocycles. The van der Waals surface area contributed by atoms with E-state index in [9.17, 15) is 13.2 Å². The Kier molecular flexibility index (Phi) is 7.00. The van der Waals surface area contributed by atoms with E-state index in [1.165, 1.54) is 9.69 Å². The molecule has 1 unspecified atom stereocenters. The maximum atomic E-state index is 13.0. The van der Waals surface area contributed by atoms with Crippen LogP contribution in [0.4, 0.5) is 0 Å². The lowest BCUT2D eigenvalue weighted by molar-refractivity contribution is -0.126. The Morgan fingerprint density at radius 1 is 1.03 bits per heavy atom. The zero-order chi connectivity index (χ0) is 23.4. The summed E-state index contributed by atoms with van der Waals surface area (Å²) in [6.45, 7) is 5.05. The molecule has 0 aromatic heterocycles. The molecule has 0 saturated carbocycles. The summed E-state index contributed by atoms with van der Waals surface area (Å²) >= 11 is 0. The normalized spacial score (nSPS) is 16.4. The van der Waals surface area contributed by atoms with Gasteiger partial charge in [0.2, 0.25) is 15.9 Å². The van der Waals surface area contributed by atoms with E-state index < -0.39 is 10.0 Å². The van der Waals surface area contributed by atoms with Gasteiger partial charge in [0, 0.05) is 19.0 Å². The van der Waals surface area contributed by atoms with Crippen LogP contribution in [0.5, 0.6) is 5.75 Å². The summed E-state index contributed by atoms with van der Waals surface area (Å²) in [6.07, 6.45) is 1.01. The second-order valence-electron chi connectivity index (χ2n) is 8.42. The van der Waals surface area contributed by atoms with Crippen molar-refractivity contribution in [1.82, 2.24) is 9.62 Å². The summed E-state index contributed by atoms with van der Waals surface area (Å²) in [6, 6.07) is 20.7. The van der Waals surface area contributed by atoms with Crippen LogP contribution in [0, 0.1) is 5.92 Å². The van der Waals surface area contributed by atoms with Gasteiger partial charge in [-0.2, -0.15) is 4.31 Å². The van der Waals surface area contributed by atoms with Crippen molar-refractivity contribution in [2.24, 2.45) is 5.92 Å². The Morgan fingerprint density at radius 3 is 2.36 bits per heavy atom. The van der Waals surface area contributed by atoms with Crippen LogP contribution >= 0.6 is 0 Å². The zero-order valence-electron chi connectivity index (χ0n) is 19.0. The molecular weight excluding hydrogens is 436 g/mol. The van der Waals surface area contributed by atoms with Crippen molar-refractivity contribution < 1.29 is 17.9 Å². The minimum Gasteiger partial charge on any atom is -0.494 e. The summed E-state index contributed by atoms with van der Waals surface area (Å²) in [5.74, 6) is 0.431. The number of ether oxygens (including phenoxy) is 1. The molecule has 6 nitrogen and oxygen atoms in total. The number of rotatable bonds is 7. The van der Waals surface area contributed by atoms with Crippen LogP contribution in [0.25, 0.3) is 10.8 Å². The fraction of sp³-hybridized carbons (Fsp3) is 0.346. The molecule has 1 aliphatic heterocycles. The highest BCUT2D eigenvalue weighted by molar-refractivity contribution is 7.89. The van der Waals surface area contributed by atoms with Crippen LogP contribution in [0.15, 0.2) is 71.6 Å². The largest absolute Gasteiger partial charge is 0.494 e. The topological polar surface area (TPSA) is 75.7 Å². The van der Waals surface area contributed by atoms with E-state index in [2.05, 4.69) is 29.6 Å². The van der Waals surface area contributed by atoms with Gasteiger partial charge in [0.05, 0.1) is 17.5 Å². The van der Waals surface area contributed by atoms with Crippen molar-refractivity contribution in [2.75, 3.05) is 19.7 Å². The van der Waals surface area contributed by atoms with Gasteiger partial charge in [0.15, 0.2) is 0 Å². The SMILES string of the molecule is CCOc1ccc(S(=O)(=O)N2CCC(C(=O)NC(C)c3ccc4ccccc4c3)CC2)cc1. The molecule has 3 aromatic carbocycles. The standard InChI is InChI=1S/C26H30N2O4S/c1-3-32-24-10-12-25(13-11-24)33(30,31)28-16-14-21(15-17-28)26(29)27-19(2)22-9-8-20-6-4-5-7-23(20)18-22/h4-13,18-19,21H,3,14-17H2,1-2H3,(H,27,29). The highest BCUT2D eigenvalue weighted by Gasteiger charge is 2.32. The molecule has 1 fully saturated rings. The molecule has 1 atom stereocenters. The first-order chi connectivity index (χ1) is 15.9. The first kappa shape index (κ1) is 23.3. The van der Waals surface area contributed by atoms with Gasteiger partial charge < -0.3 is 10.1 Å². The number of hydrogen-bond acceptors (Lipinski definition) is 4. The predicted molar refractivity (Wildman–Crippen MR) is 130 cm³/mol. The van der Waals surface area contributed by atoms with Gasteiger partial charge in [-0.15, -0.1) is 0 Å². The number of nitrogens with zero attached hydrogens (tertiary/aromatic N) is 1. The fourth-order valence-corrected chi connectivity index (χ4v) is 5.74. The summed E-state index contributed by atoms with van der Waals surface area (Å²) in [7, 11) is -3.58. The lowest BCUT2D eigenvalue weighted by Crippen LogP contribution is -2.43. The van der Waals surface area contributed by atoms with E-state index >= 15 is 0 Å². The van der Waals surface area contributed by atoms with Crippen molar-refractivity contribution in [3.8, 4) is 5.75 Å². The minimum atomic E-state index is -3.58. The van der Waals surface area contributed by atoms with Gasteiger partial charge in [-0.25, -0.2) is 8.42 Å². The summed E-state index contributed by atoms with van der Waals surface area (Å²) in [5, 5.41) is 5.42. The molecule has 3 aromatic rings. The third-order valence-electron chi connectivity index (χ3n) is 6.23. The number of nitrogens with one attached hydrogen (secondary N) is 1. The third-order valence-corrected chi connectivity index (χ3v) is 8.14. The Balaban J connectivity index is 1.35. The zero-order valence-corrected chi connectivity index (χ0v) is 19.8. The van der Waals surface area contributed by atoms with Crippen LogP contribution in [-0.2, 0) is 14.8 Å². The lowest BCUT2D eigenvalue weighted by atomic mass is 9.96. The Hall–Kier alpha value is -2.90. The van der Waals surface area contributed by atoms with Crippen LogP contribution in [0.3, 0.4) is 0 Å². The molecule has 1 saturated heterocycles. The maximum Gasteiger partial charge on any atom is 0.243 e. The molecule has 0 aliphatic carbocycles. The van der Waals surface area contributed by atoms with Gasteiger partial charge >= 0.3 is 0 Å². The maximum absolute atomic E-state index is 13.0. The number of amides is 1. The molecule has 33 heavy (non-hydrogen) atoms. The average molecular weight is 467 g/mol. The summed E-state index contributed by atoms with van der Waals surface area (Å²) < 4.78 is 32.8. The minimum absolute atomic E-state index is 0.0197. The first-order valence-corrected chi connectivity index (χ1v) is 12.8. The van der Waals surface area contributed by atoms with E-state index in [4.69, 9.17) is 4.74 Å². The highest BCUT2D eigenvalue weighted by Crippen LogP contribution is 2.26. The molecule has 0 radical (unpaired) electrons.